The Morgan fingerprint density at radius 2 is 2.11 bits per heavy atom. The van der Waals surface area contributed by atoms with Crippen molar-refractivity contribution in [1.82, 2.24) is 15.0 Å². The Kier molecular flexibility index (Phi) is 4.76. The zero-order valence-electron chi connectivity index (χ0n) is 11.1. The van der Waals surface area contributed by atoms with Crippen molar-refractivity contribution in [3.63, 3.8) is 0 Å². The highest BCUT2D eigenvalue weighted by atomic mass is 79.9. The summed E-state index contributed by atoms with van der Waals surface area (Å²) in [6.45, 7) is 4.07. The number of anilines is 1. The number of aromatic nitrogens is 3. The molecular weight excluding hydrogens is 324 g/mol. The Morgan fingerprint density at radius 1 is 1.32 bits per heavy atom. The SMILES string of the molecule is CCc1nc(NC)c(C)c(Sc2ccc(Br)cn2)n1. The van der Waals surface area contributed by atoms with Gasteiger partial charge in [-0.25, -0.2) is 15.0 Å². The third kappa shape index (κ3) is 3.45. The van der Waals surface area contributed by atoms with Crippen LogP contribution < -0.4 is 5.32 Å². The van der Waals surface area contributed by atoms with Gasteiger partial charge in [-0.1, -0.05) is 6.92 Å². The van der Waals surface area contributed by atoms with Crippen LogP contribution in [-0.2, 0) is 6.42 Å². The van der Waals surface area contributed by atoms with Gasteiger partial charge in [-0.3, -0.25) is 0 Å². The third-order valence-corrected chi connectivity index (χ3v) is 4.11. The first-order valence-corrected chi connectivity index (χ1v) is 7.59. The van der Waals surface area contributed by atoms with Crippen LogP contribution in [-0.4, -0.2) is 22.0 Å². The topological polar surface area (TPSA) is 50.7 Å². The lowest BCUT2D eigenvalue weighted by molar-refractivity contribution is 0.873. The second-order valence-electron chi connectivity index (χ2n) is 3.94. The van der Waals surface area contributed by atoms with Crippen LogP contribution in [0.4, 0.5) is 5.82 Å². The van der Waals surface area contributed by atoms with Gasteiger partial charge in [-0.05, 0) is 46.7 Å². The van der Waals surface area contributed by atoms with Gasteiger partial charge < -0.3 is 5.32 Å². The largest absolute Gasteiger partial charge is 0.373 e. The molecule has 0 aliphatic heterocycles. The lowest BCUT2D eigenvalue weighted by Crippen LogP contribution is -2.04. The Hall–Kier alpha value is -1.14. The molecule has 100 valence electrons. The van der Waals surface area contributed by atoms with Crippen LogP contribution in [0.2, 0.25) is 0 Å². The molecule has 2 aromatic rings. The maximum absolute atomic E-state index is 4.58. The van der Waals surface area contributed by atoms with Crippen LogP contribution in [0.25, 0.3) is 0 Å². The van der Waals surface area contributed by atoms with Crippen molar-refractivity contribution in [1.29, 1.82) is 0 Å². The summed E-state index contributed by atoms with van der Waals surface area (Å²) < 4.78 is 0.974. The van der Waals surface area contributed by atoms with E-state index in [1.165, 1.54) is 0 Å². The van der Waals surface area contributed by atoms with E-state index in [0.717, 1.165) is 38.2 Å². The first-order chi connectivity index (χ1) is 9.13. The lowest BCUT2D eigenvalue weighted by Gasteiger charge is -2.10. The molecule has 0 aliphatic rings. The third-order valence-electron chi connectivity index (χ3n) is 2.60. The Labute approximate surface area is 125 Å². The molecule has 2 rings (SSSR count). The van der Waals surface area contributed by atoms with Crippen molar-refractivity contribution in [2.75, 3.05) is 12.4 Å². The highest BCUT2D eigenvalue weighted by Gasteiger charge is 2.11. The molecule has 0 amide bonds. The average Bonchev–Trinajstić information content (AvgIpc) is 2.43. The molecule has 0 saturated heterocycles. The molecule has 0 radical (unpaired) electrons. The van der Waals surface area contributed by atoms with Crippen molar-refractivity contribution < 1.29 is 0 Å². The molecule has 0 aliphatic carbocycles. The normalized spacial score (nSPS) is 10.5. The quantitative estimate of drug-likeness (QED) is 0.861. The summed E-state index contributed by atoms with van der Waals surface area (Å²) in [6.07, 6.45) is 2.61. The van der Waals surface area contributed by atoms with Crippen LogP contribution in [0, 0.1) is 6.92 Å². The molecule has 19 heavy (non-hydrogen) atoms. The molecule has 1 N–H and O–H groups in total. The minimum absolute atomic E-state index is 0.816. The maximum Gasteiger partial charge on any atom is 0.133 e. The van der Waals surface area contributed by atoms with Crippen molar-refractivity contribution in [2.45, 2.75) is 30.3 Å². The number of aryl methyl sites for hydroxylation is 1. The lowest BCUT2D eigenvalue weighted by atomic mass is 10.3. The Bertz CT molecular complexity index is 572. The van der Waals surface area contributed by atoms with E-state index in [1.54, 1.807) is 18.0 Å². The second kappa shape index (κ2) is 6.34. The second-order valence-corrected chi connectivity index (χ2v) is 5.86. The molecule has 4 nitrogen and oxygen atoms in total. The molecule has 0 bridgehead atoms. The maximum atomic E-state index is 4.58. The van der Waals surface area contributed by atoms with Crippen LogP contribution >= 0.6 is 27.7 Å². The summed E-state index contributed by atoms with van der Waals surface area (Å²) in [5, 5.41) is 4.99. The zero-order chi connectivity index (χ0) is 13.8. The Balaban J connectivity index is 2.35. The van der Waals surface area contributed by atoms with Crippen molar-refractivity contribution >= 4 is 33.5 Å². The molecule has 0 aromatic carbocycles. The molecule has 0 saturated carbocycles. The fourth-order valence-electron chi connectivity index (χ4n) is 1.56. The molecule has 0 fully saturated rings. The number of halogens is 1. The number of rotatable bonds is 4. The summed E-state index contributed by atoms with van der Waals surface area (Å²) in [5.41, 5.74) is 1.05. The summed E-state index contributed by atoms with van der Waals surface area (Å²) in [5.74, 6) is 1.72. The summed E-state index contributed by atoms with van der Waals surface area (Å²) >= 11 is 4.94. The predicted molar refractivity (Wildman–Crippen MR) is 81.8 cm³/mol. The van der Waals surface area contributed by atoms with E-state index < -0.39 is 0 Å². The van der Waals surface area contributed by atoms with Crippen LogP contribution in [0.5, 0.6) is 0 Å². The average molecular weight is 339 g/mol. The molecular formula is C13H15BrN4S. The van der Waals surface area contributed by atoms with Gasteiger partial charge in [0, 0.05) is 29.7 Å². The highest BCUT2D eigenvalue weighted by molar-refractivity contribution is 9.10. The van der Waals surface area contributed by atoms with E-state index in [-0.39, 0.29) is 0 Å². The number of hydrogen-bond donors (Lipinski definition) is 1. The smallest absolute Gasteiger partial charge is 0.133 e. The van der Waals surface area contributed by atoms with Gasteiger partial charge in [0.15, 0.2) is 0 Å². The van der Waals surface area contributed by atoms with Gasteiger partial charge in [0.2, 0.25) is 0 Å². The molecule has 6 heteroatoms. The van der Waals surface area contributed by atoms with Gasteiger partial charge in [0.05, 0.1) is 0 Å². The van der Waals surface area contributed by atoms with E-state index in [4.69, 9.17) is 0 Å². The van der Waals surface area contributed by atoms with E-state index in [9.17, 15) is 0 Å². The number of pyridine rings is 1. The molecule has 2 aromatic heterocycles. The fraction of sp³-hybridized carbons (Fsp3) is 0.308. The molecule has 0 spiro atoms. The minimum atomic E-state index is 0.816. The van der Waals surface area contributed by atoms with Crippen LogP contribution in [0.15, 0.2) is 32.9 Å². The predicted octanol–water partition coefficient (Wildman–Crippen LogP) is 3.70. The molecule has 0 unspecified atom stereocenters. The number of nitrogens with zero attached hydrogens (tertiary/aromatic N) is 3. The van der Waals surface area contributed by atoms with Gasteiger partial charge in [0.25, 0.3) is 0 Å². The fourth-order valence-corrected chi connectivity index (χ4v) is 2.64. The highest BCUT2D eigenvalue weighted by Crippen LogP contribution is 2.30. The monoisotopic (exact) mass is 338 g/mol. The van der Waals surface area contributed by atoms with Crippen LogP contribution in [0.3, 0.4) is 0 Å². The van der Waals surface area contributed by atoms with Crippen molar-refractivity contribution in [3.05, 3.63) is 34.2 Å². The van der Waals surface area contributed by atoms with Crippen LogP contribution in [0.1, 0.15) is 18.3 Å². The van der Waals surface area contributed by atoms with Crippen molar-refractivity contribution in [3.8, 4) is 0 Å². The first kappa shape index (κ1) is 14.3. The summed E-state index contributed by atoms with van der Waals surface area (Å²) in [4.78, 5) is 13.4. The number of hydrogen-bond acceptors (Lipinski definition) is 5. The van der Waals surface area contributed by atoms with E-state index in [1.807, 2.05) is 26.1 Å². The Morgan fingerprint density at radius 3 is 2.68 bits per heavy atom. The summed E-state index contributed by atoms with van der Waals surface area (Å²) in [7, 11) is 1.88. The number of nitrogens with one attached hydrogen (secondary N) is 1. The van der Waals surface area contributed by atoms with E-state index in [0.29, 0.717) is 0 Å². The molecule has 0 atom stereocenters. The van der Waals surface area contributed by atoms with Gasteiger partial charge in [-0.2, -0.15) is 0 Å². The van der Waals surface area contributed by atoms with Gasteiger partial charge >= 0.3 is 0 Å². The van der Waals surface area contributed by atoms with Crippen molar-refractivity contribution in [2.24, 2.45) is 0 Å². The van der Waals surface area contributed by atoms with Gasteiger partial charge in [-0.15, -0.1) is 0 Å². The molecule has 2 heterocycles. The standard InChI is InChI=1S/C13H15BrN4S/c1-4-10-17-12(15-3)8(2)13(18-10)19-11-6-5-9(14)7-16-11/h5-7H,4H2,1-3H3,(H,15,17,18). The van der Waals surface area contributed by atoms with E-state index in [2.05, 4.69) is 43.1 Å². The summed E-state index contributed by atoms with van der Waals surface area (Å²) in [6, 6.07) is 3.95. The minimum Gasteiger partial charge on any atom is -0.373 e. The zero-order valence-corrected chi connectivity index (χ0v) is 13.5. The van der Waals surface area contributed by atoms with Gasteiger partial charge in [0.1, 0.15) is 21.7 Å². The van der Waals surface area contributed by atoms with E-state index >= 15 is 0 Å². The first-order valence-electron chi connectivity index (χ1n) is 5.98.